The summed E-state index contributed by atoms with van der Waals surface area (Å²) in [5.41, 5.74) is 7.22. The van der Waals surface area contributed by atoms with Gasteiger partial charge >= 0.3 is 0 Å². The molecule has 2 aliphatic heterocycles. The van der Waals surface area contributed by atoms with Crippen LogP contribution in [0.25, 0.3) is 0 Å². The van der Waals surface area contributed by atoms with Crippen molar-refractivity contribution in [3.05, 3.63) is 70.6 Å². The van der Waals surface area contributed by atoms with Gasteiger partial charge in [0.05, 0.1) is 35.2 Å². The number of pyridine rings is 2. The highest BCUT2D eigenvalue weighted by atomic mass is 32.2. The van der Waals surface area contributed by atoms with Gasteiger partial charge in [0.15, 0.2) is 9.84 Å². The third-order valence-corrected chi connectivity index (χ3v) is 6.82. The van der Waals surface area contributed by atoms with E-state index in [1.165, 1.54) is 12.1 Å². The molecule has 3 aromatic rings. The highest BCUT2D eigenvalue weighted by Crippen LogP contribution is 2.37. The predicted octanol–water partition coefficient (Wildman–Crippen LogP) is 4.07. The Hall–Kier alpha value is -3.17. The molecule has 1 N–H and O–H groups in total. The summed E-state index contributed by atoms with van der Waals surface area (Å²) in [5, 5.41) is 3.17. The number of nitrogens with one attached hydrogen (secondary N) is 1. The van der Waals surface area contributed by atoms with E-state index in [2.05, 4.69) is 10.3 Å². The lowest BCUT2D eigenvalue weighted by atomic mass is 10.1. The summed E-state index contributed by atoms with van der Waals surface area (Å²) in [4.78, 5) is 14.1. The SMILES string of the molecule is CC1=Nc2c(Nc3ccc(F)cc3S(C)(=O)=O)cc(Cc3ccc4c(n3)CCOC4)nc2C1. The van der Waals surface area contributed by atoms with E-state index in [-0.39, 0.29) is 4.90 Å². The molecule has 0 atom stereocenters. The van der Waals surface area contributed by atoms with E-state index >= 15 is 0 Å². The first-order valence-corrected chi connectivity index (χ1v) is 12.5. The van der Waals surface area contributed by atoms with Crippen molar-refractivity contribution in [2.45, 2.75) is 37.7 Å². The first-order valence-electron chi connectivity index (χ1n) is 10.7. The van der Waals surface area contributed by atoms with Gasteiger partial charge in [-0.25, -0.2) is 12.8 Å². The van der Waals surface area contributed by atoms with Gasteiger partial charge in [0, 0.05) is 48.3 Å². The van der Waals surface area contributed by atoms with E-state index in [0.717, 1.165) is 52.8 Å². The fourth-order valence-corrected chi connectivity index (χ4v) is 5.01. The Morgan fingerprint density at radius 1 is 1.06 bits per heavy atom. The van der Waals surface area contributed by atoms with Crippen LogP contribution < -0.4 is 5.32 Å². The largest absolute Gasteiger partial charge is 0.376 e. The number of sulfone groups is 1. The molecule has 0 saturated heterocycles. The van der Waals surface area contributed by atoms with Crippen molar-refractivity contribution in [1.82, 2.24) is 9.97 Å². The molecule has 1 aromatic carbocycles. The minimum absolute atomic E-state index is 0.105. The van der Waals surface area contributed by atoms with Gasteiger partial charge in [-0.3, -0.25) is 15.0 Å². The Morgan fingerprint density at radius 3 is 2.70 bits per heavy atom. The molecule has 0 bridgehead atoms. The zero-order valence-corrected chi connectivity index (χ0v) is 19.2. The summed E-state index contributed by atoms with van der Waals surface area (Å²) >= 11 is 0. The van der Waals surface area contributed by atoms with Gasteiger partial charge in [0.2, 0.25) is 0 Å². The molecule has 9 heteroatoms. The van der Waals surface area contributed by atoms with Gasteiger partial charge in [-0.2, -0.15) is 0 Å². The monoisotopic (exact) mass is 466 g/mol. The molecule has 7 nitrogen and oxygen atoms in total. The molecule has 0 radical (unpaired) electrons. The molecule has 0 fully saturated rings. The number of aliphatic imine (C=N–C) groups is 1. The van der Waals surface area contributed by atoms with Crippen molar-refractivity contribution in [1.29, 1.82) is 0 Å². The van der Waals surface area contributed by atoms with Gasteiger partial charge < -0.3 is 10.1 Å². The smallest absolute Gasteiger partial charge is 0.177 e. The second-order valence-electron chi connectivity index (χ2n) is 8.41. The summed E-state index contributed by atoms with van der Waals surface area (Å²) in [6.45, 7) is 3.19. The van der Waals surface area contributed by atoms with Crippen LogP contribution in [0.5, 0.6) is 0 Å². The molecule has 0 spiro atoms. The lowest BCUT2D eigenvalue weighted by Crippen LogP contribution is -2.13. The highest BCUT2D eigenvalue weighted by molar-refractivity contribution is 7.90. The van der Waals surface area contributed by atoms with Crippen LogP contribution in [-0.2, 0) is 40.4 Å². The number of benzene rings is 1. The molecule has 2 aromatic heterocycles. The van der Waals surface area contributed by atoms with E-state index < -0.39 is 15.7 Å². The minimum atomic E-state index is -3.64. The summed E-state index contributed by atoms with van der Waals surface area (Å²) in [6.07, 6.45) is 3.00. The number of aromatic nitrogens is 2. The summed E-state index contributed by atoms with van der Waals surface area (Å²) in [6, 6.07) is 9.58. The fraction of sp³-hybridized carbons (Fsp3) is 0.292. The summed E-state index contributed by atoms with van der Waals surface area (Å²) in [7, 11) is -3.64. The maximum absolute atomic E-state index is 13.8. The average molecular weight is 467 g/mol. The van der Waals surface area contributed by atoms with Crippen molar-refractivity contribution < 1.29 is 17.5 Å². The maximum atomic E-state index is 13.8. The summed E-state index contributed by atoms with van der Waals surface area (Å²) in [5.74, 6) is -0.612. The lowest BCUT2D eigenvalue weighted by molar-refractivity contribution is 0.109. The molecule has 0 saturated carbocycles. The van der Waals surface area contributed by atoms with Crippen molar-refractivity contribution in [2.75, 3.05) is 18.2 Å². The van der Waals surface area contributed by atoms with Crippen molar-refractivity contribution in [3.8, 4) is 0 Å². The minimum Gasteiger partial charge on any atom is -0.376 e. The van der Waals surface area contributed by atoms with Crippen LogP contribution in [0.2, 0.25) is 0 Å². The number of halogens is 1. The topological polar surface area (TPSA) is 93.5 Å². The van der Waals surface area contributed by atoms with E-state index in [0.29, 0.717) is 43.1 Å². The van der Waals surface area contributed by atoms with Crippen LogP contribution in [0.15, 0.2) is 46.3 Å². The first-order chi connectivity index (χ1) is 15.8. The van der Waals surface area contributed by atoms with Crippen LogP contribution in [0, 0.1) is 5.82 Å². The molecule has 5 rings (SSSR count). The van der Waals surface area contributed by atoms with E-state index in [4.69, 9.17) is 14.7 Å². The van der Waals surface area contributed by atoms with E-state index in [1.807, 2.05) is 25.1 Å². The molecule has 2 aliphatic rings. The van der Waals surface area contributed by atoms with Gasteiger partial charge in [-0.15, -0.1) is 0 Å². The van der Waals surface area contributed by atoms with Crippen molar-refractivity contribution in [2.24, 2.45) is 4.99 Å². The van der Waals surface area contributed by atoms with Gasteiger partial charge in [0.1, 0.15) is 11.5 Å². The second kappa shape index (κ2) is 8.31. The Bertz CT molecular complexity index is 1400. The molecule has 33 heavy (non-hydrogen) atoms. The number of rotatable bonds is 5. The number of hydrogen-bond acceptors (Lipinski definition) is 7. The van der Waals surface area contributed by atoms with Crippen LogP contribution in [0.3, 0.4) is 0 Å². The maximum Gasteiger partial charge on any atom is 0.177 e. The number of hydrogen-bond donors (Lipinski definition) is 1. The van der Waals surface area contributed by atoms with Crippen molar-refractivity contribution in [3.63, 3.8) is 0 Å². The summed E-state index contributed by atoms with van der Waals surface area (Å²) < 4.78 is 43.8. The Morgan fingerprint density at radius 2 is 1.88 bits per heavy atom. The molecular formula is C24H23FN4O3S. The number of fused-ring (bicyclic) bond motifs is 2. The number of anilines is 2. The van der Waals surface area contributed by atoms with Gasteiger partial charge in [-0.05, 0) is 42.8 Å². The Labute approximate surface area is 191 Å². The molecule has 0 unspecified atom stereocenters. The molecule has 4 heterocycles. The van der Waals surface area contributed by atoms with Gasteiger partial charge in [-0.1, -0.05) is 6.07 Å². The van der Waals surface area contributed by atoms with Crippen molar-refractivity contribution >= 4 is 32.6 Å². The second-order valence-corrected chi connectivity index (χ2v) is 10.4. The highest BCUT2D eigenvalue weighted by Gasteiger charge is 2.22. The Kier molecular flexibility index (Phi) is 5.46. The zero-order valence-electron chi connectivity index (χ0n) is 18.4. The predicted molar refractivity (Wildman–Crippen MR) is 124 cm³/mol. The standard InChI is InChI=1S/C24H23FN4O3S/c1-14-9-21-24(26-14)22(29-20-6-4-16(25)10-23(20)33(2,30)31)12-18(28-21)11-17-5-3-15-13-32-8-7-19(15)27-17/h3-6,10,12H,7-9,11,13H2,1-2H3,(H,28,29). The molecule has 170 valence electrons. The zero-order chi connectivity index (χ0) is 23.2. The van der Waals surface area contributed by atoms with Crippen LogP contribution >= 0.6 is 0 Å². The molecular weight excluding hydrogens is 443 g/mol. The van der Waals surface area contributed by atoms with Crippen LogP contribution in [0.1, 0.15) is 35.3 Å². The first kappa shape index (κ1) is 21.7. The lowest BCUT2D eigenvalue weighted by Gasteiger charge is -2.17. The number of ether oxygens (including phenoxy) is 1. The Balaban J connectivity index is 1.52. The molecule has 0 aliphatic carbocycles. The normalized spacial score (nSPS) is 15.1. The third kappa shape index (κ3) is 4.51. The van der Waals surface area contributed by atoms with Gasteiger partial charge in [0.25, 0.3) is 0 Å². The quantitative estimate of drug-likeness (QED) is 0.609. The number of nitrogens with zero attached hydrogens (tertiary/aromatic N) is 3. The average Bonchev–Trinajstić information content (AvgIpc) is 3.14. The van der Waals surface area contributed by atoms with E-state index in [9.17, 15) is 12.8 Å². The van der Waals surface area contributed by atoms with E-state index in [1.54, 1.807) is 0 Å². The molecule has 0 amide bonds. The van der Waals surface area contributed by atoms with Crippen LogP contribution in [0.4, 0.5) is 21.5 Å². The fourth-order valence-electron chi connectivity index (χ4n) is 4.17. The van der Waals surface area contributed by atoms with Crippen LogP contribution in [-0.4, -0.2) is 37.0 Å². The third-order valence-electron chi connectivity index (χ3n) is 5.69.